The average molecular weight is 373 g/mol. The molecule has 3 rings (SSSR count). The van der Waals surface area contributed by atoms with E-state index in [1.807, 2.05) is 0 Å². The molecular formula is C19H24FN5O2. The second-order valence-corrected chi connectivity index (χ2v) is 6.61. The lowest BCUT2D eigenvalue weighted by molar-refractivity contribution is -0.139. The fourth-order valence-electron chi connectivity index (χ4n) is 3.18. The van der Waals surface area contributed by atoms with E-state index in [1.165, 1.54) is 29.7 Å². The van der Waals surface area contributed by atoms with Gasteiger partial charge in [0.05, 0.1) is 12.2 Å². The summed E-state index contributed by atoms with van der Waals surface area (Å²) in [6.45, 7) is 4.32. The maximum atomic E-state index is 13.4. The van der Waals surface area contributed by atoms with Crippen molar-refractivity contribution < 1.29 is 13.9 Å². The lowest BCUT2D eigenvalue weighted by Crippen LogP contribution is -2.29. The van der Waals surface area contributed by atoms with Gasteiger partial charge in [0.15, 0.2) is 0 Å². The molecule has 2 aromatic rings. The van der Waals surface area contributed by atoms with Crippen LogP contribution in [0.5, 0.6) is 0 Å². The Bertz CT molecular complexity index is 816. The van der Waals surface area contributed by atoms with E-state index in [-0.39, 0.29) is 5.82 Å². The van der Waals surface area contributed by atoms with Crippen LogP contribution in [-0.2, 0) is 9.53 Å². The zero-order valence-electron chi connectivity index (χ0n) is 15.6. The molecular weight excluding hydrogens is 349 g/mol. The topological polar surface area (TPSA) is 81.9 Å². The maximum Gasteiger partial charge on any atom is 0.338 e. The Morgan fingerprint density at radius 1 is 1.22 bits per heavy atom. The van der Waals surface area contributed by atoms with Gasteiger partial charge in [-0.15, -0.1) is 0 Å². The van der Waals surface area contributed by atoms with E-state index in [4.69, 9.17) is 4.74 Å². The Balaban J connectivity index is 1.78. The van der Waals surface area contributed by atoms with Gasteiger partial charge in [0.1, 0.15) is 11.9 Å². The van der Waals surface area contributed by atoms with Crippen LogP contribution in [0.4, 0.5) is 10.3 Å². The monoisotopic (exact) mass is 373 g/mol. The first-order valence-corrected chi connectivity index (χ1v) is 9.30. The van der Waals surface area contributed by atoms with E-state index in [0.717, 1.165) is 19.3 Å². The van der Waals surface area contributed by atoms with Gasteiger partial charge in [-0.1, -0.05) is 49.8 Å². The van der Waals surface area contributed by atoms with Crippen molar-refractivity contribution in [2.45, 2.75) is 52.0 Å². The number of unbranched alkanes of at least 4 members (excludes halogenated alkanes) is 4. The van der Waals surface area contributed by atoms with Crippen molar-refractivity contribution in [2.24, 2.45) is 0 Å². The predicted molar refractivity (Wildman–Crippen MR) is 98.4 cm³/mol. The average Bonchev–Trinajstić information content (AvgIpc) is 3.12. The first-order chi connectivity index (χ1) is 13.1. The fraction of sp³-hybridized carbons (Fsp3) is 0.474. The van der Waals surface area contributed by atoms with E-state index in [0.29, 0.717) is 29.4 Å². The largest absolute Gasteiger partial charge is 0.462 e. The molecule has 0 amide bonds. The first-order valence-electron chi connectivity index (χ1n) is 9.30. The second-order valence-electron chi connectivity index (χ2n) is 6.61. The molecule has 1 atom stereocenters. The van der Waals surface area contributed by atoms with Crippen molar-refractivity contribution in [2.75, 3.05) is 11.9 Å². The minimum atomic E-state index is -0.565. The molecule has 0 saturated heterocycles. The van der Waals surface area contributed by atoms with Gasteiger partial charge in [-0.3, -0.25) is 0 Å². The van der Waals surface area contributed by atoms with Crippen molar-refractivity contribution in [3.63, 3.8) is 0 Å². The highest BCUT2D eigenvalue weighted by Crippen LogP contribution is 2.34. The zero-order valence-corrected chi connectivity index (χ0v) is 15.6. The number of carbonyl (C=O) groups is 1. The van der Waals surface area contributed by atoms with Crippen molar-refractivity contribution >= 4 is 11.9 Å². The number of hydrogen-bond donors (Lipinski definition) is 1. The number of carbonyl (C=O) groups excluding carboxylic acids is 1. The van der Waals surface area contributed by atoms with Crippen LogP contribution in [0, 0.1) is 5.82 Å². The van der Waals surface area contributed by atoms with Crippen molar-refractivity contribution in [3.8, 4) is 0 Å². The Morgan fingerprint density at radius 3 is 2.70 bits per heavy atom. The Kier molecular flexibility index (Phi) is 6.16. The quantitative estimate of drug-likeness (QED) is 0.562. The highest BCUT2D eigenvalue weighted by molar-refractivity contribution is 5.92. The van der Waals surface area contributed by atoms with Crippen LogP contribution in [0.1, 0.15) is 57.6 Å². The van der Waals surface area contributed by atoms with Crippen molar-refractivity contribution in [1.82, 2.24) is 20.2 Å². The summed E-state index contributed by atoms with van der Waals surface area (Å²) in [4.78, 5) is 12.8. The predicted octanol–water partition coefficient (Wildman–Crippen LogP) is 3.61. The Hall–Kier alpha value is -2.77. The third kappa shape index (κ3) is 4.32. The van der Waals surface area contributed by atoms with Gasteiger partial charge in [-0.05, 0) is 41.5 Å². The number of nitrogens with zero attached hydrogens (tertiary/aromatic N) is 4. The number of fused-ring (bicyclic) bond motifs is 1. The number of nitrogens with one attached hydrogen (secondary N) is 1. The fourth-order valence-corrected chi connectivity index (χ4v) is 3.18. The molecule has 0 fully saturated rings. The second kappa shape index (κ2) is 8.75. The molecule has 0 unspecified atom stereocenters. The van der Waals surface area contributed by atoms with Gasteiger partial charge in [0, 0.05) is 5.70 Å². The van der Waals surface area contributed by atoms with Gasteiger partial charge in [0.2, 0.25) is 5.95 Å². The van der Waals surface area contributed by atoms with Gasteiger partial charge in [-0.2, -0.15) is 4.68 Å². The summed E-state index contributed by atoms with van der Waals surface area (Å²) in [5.41, 5.74) is 1.76. The standard InChI is InChI=1S/C19H24FN5O2/c1-3-4-5-6-7-12-27-18(26)16-13(2)21-19-22-23-24-25(19)17(16)14-8-10-15(20)11-9-14/h8-11,17H,3-7,12H2,1-2H3,(H,21,22,24)/t17-/m1/s1. The smallest absolute Gasteiger partial charge is 0.338 e. The molecule has 0 bridgehead atoms. The van der Waals surface area contributed by atoms with Crippen LogP contribution < -0.4 is 5.32 Å². The molecule has 1 aliphatic rings. The van der Waals surface area contributed by atoms with Crippen molar-refractivity contribution in [1.29, 1.82) is 0 Å². The van der Waals surface area contributed by atoms with Crippen LogP contribution >= 0.6 is 0 Å². The van der Waals surface area contributed by atoms with E-state index < -0.39 is 12.0 Å². The van der Waals surface area contributed by atoms with E-state index >= 15 is 0 Å². The molecule has 2 heterocycles. The molecule has 144 valence electrons. The third-order valence-electron chi connectivity index (χ3n) is 4.60. The van der Waals surface area contributed by atoms with Crippen LogP contribution in [0.25, 0.3) is 0 Å². The Morgan fingerprint density at radius 2 is 1.96 bits per heavy atom. The summed E-state index contributed by atoms with van der Waals surface area (Å²) < 4.78 is 20.4. The summed E-state index contributed by atoms with van der Waals surface area (Å²) in [7, 11) is 0. The van der Waals surface area contributed by atoms with E-state index in [9.17, 15) is 9.18 Å². The van der Waals surface area contributed by atoms with Gasteiger partial charge < -0.3 is 10.1 Å². The number of esters is 1. The number of halogens is 1. The number of hydrogen-bond acceptors (Lipinski definition) is 6. The molecule has 0 saturated carbocycles. The number of aromatic nitrogens is 4. The highest BCUT2D eigenvalue weighted by atomic mass is 19.1. The van der Waals surface area contributed by atoms with E-state index in [1.54, 1.807) is 19.1 Å². The summed E-state index contributed by atoms with van der Waals surface area (Å²) in [6, 6.07) is 5.40. The molecule has 0 radical (unpaired) electrons. The first kappa shape index (κ1) is 19.0. The van der Waals surface area contributed by atoms with Gasteiger partial charge in [0.25, 0.3) is 0 Å². The Labute approximate surface area is 157 Å². The number of benzene rings is 1. The summed E-state index contributed by atoms with van der Waals surface area (Å²) >= 11 is 0. The third-order valence-corrected chi connectivity index (χ3v) is 4.60. The number of allylic oxidation sites excluding steroid dienone is 1. The van der Waals surface area contributed by atoms with E-state index in [2.05, 4.69) is 27.8 Å². The number of anilines is 1. The van der Waals surface area contributed by atoms with Gasteiger partial charge in [-0.25, -0.2) is 9.18 Å². The molecule has 1 aromatic carbocycles. The molecule has 27 heavy (non-hydrogen) atoms. The molecule has 1 aromatic heterocycles. The summed E-state index contributed by atoms with van der Waals surface area (Å²) in [5, 5.41) is 14.6. The van der Waals surface area contributed by atoms with Gasteiger partial charge >= 0.3 is 5.97 Å². The highest BCUT2D eigenvalue weighted by Gasteiger charge is 2.34. The lowest BCUT2D eigenvalue weighted by Gasteiger charge is -2.27. The minimum Gasteiger partial charge on any atom is -0.462 e. The molecule has 8 heteroatoms. The van der Waals surface area contributed by atoms with Crippen LogP contribution in [0.3, 0.4) is 0 Å². The molecule has 1 N–H and O–H groups in total. The molecule has 0 aliphatic carbocycles. The summed E-state index contributed by atoms with van der Waals surface area (Å²) in [6.07, 6.45) is 5.38. The normalized spacial score (nSPS) is 16.0. The minimum absolute atomic E-state index is 0.346. The summed E-state index contributed by atoms with van der Waals surface area (Å²) in [5.74, 6) is -0.328. The number of rotatable bonds is 8. The van der Waals surface area contributed by atoms with Crippen LogP contribution in [0.15, 0.2) is 35.5 Å². The van der Waals surface area contributed by atoms with Crippen LogP contribution in [0.2, 0.25) is 0 Å². The number of tetrazole rings is 1. The zero-order chi connectivity index (χ0) is 19.2. The number of ether oxygens (including phenoxy) is 1. The van der Waals surface area contributed by atoms with Crippen molar-refractivity contribution in [3.05, 3.63) is 46.9 Å². The SMILES string of the molecule is CCCCCCCOC(=O)C1=C(C)Nc2nnnn2[C@@H]1c1ccc(F)cc1. The maximum absolute atomic E-state index is 13.4. The molecule has 1 aliphatic heterocycles. The lowest BCUT2D eigenvalue weighted by atomic mass is 9.96. The molecule has 7 nitrogen and oxygen atoms in total. The van der Waals surface area contributed by atoms with Crippen LogP contribution in [-0.4, -0.2) is 32.8 Å². The molecule has 0 spiro atoms.